The molecular weight excluding hydrogens is 228 g/mol. The Morgan fingerprint density at radius 1 is 1.28 bits per heavy atom. The monoisotopic (exact) mass is 246 g/mol. The highest BCUT2D eigenvalue weighted by Gasteiger charge is 2.04. The Balaban J connectivity index is 1.99. The number of aryl methyl sites for hydroxylation is 2. The third kappa shape index (κ3) is 2.90. The highest BCUT2D eigenvalue weighted by atomic mass is 16.5. The topological polar surface area (TPSA) is 47.3 Å². The maximum absolute atomic E-state index is 8.95. The molecule has 0 radical (unpaired) electrons. The molecular formula is C14H18N2O2. The minimum absolute atomic E-state index is 0.0574. The van der Waals surface area contributed by atoms with E-state index in [9.17, 15) is 0 Å². The van der Waals surface area contributed by atoms with Crippen LogP contribution < -0.4 is 4.74 Å². The third-order valence-electron chi connectivity index (χ3n) is 2.88. The Hall–Kier alpha value is -1.81. The van der Waals surface area contributed by atoms with Crippen LogP contribution in [0.3, 0.4) is 0 Å². The van der Waals surface area contributed by atoms with Crippen molar-refractivity contribution in [3.05, 3.63) is 47.3 Å². The number of nitrogens with zero attached hydrogens (tertiary/aromatic N) is 2. The number of benzene rings is 1. The minimum Gasteiger partial charge on any atom is -0.487 e. The highest BCUT2D eigenvalue weighted by molar-refractivity contribution is 5.27. The van der Waals surface area contributed by atoms with Crippen molar-refractivity contribution in [3.8, 4) is 5.75 Å². The van der Waals surface area contributed by atoms with E-state index in [-0.39, 0.29) is 6.61 Å². The molecule has 18 heavy (non-hydrogen) atoms. The Morgan fingerprint density at radius 3 is 2.56 bits per heavy atom. The van der Waals surface area contributed by atoms with E-state index >= 15 is 0 Å². The average molecular weight is 246 g/mol. The summed E-state index contributed by atoms with van der Waals surface area (Å²) in [7, 11) is 1.92. The van der Waals surface area contributed by atoms with Crippen LogP contribution in [0.2, 0.25) is 0 Å². The Kier molecular flexibility index (Phi) is 3.99. The lowest BCUT2D eigenvalue weighted by Crippen LogP contribution is -2.03. The zero-order valence-corrected chi connectivity index (χ0v) is 10.8. The van der Waals surface area contributed by atoms with E-state index in [1.165, 1.54) is 0 Å². The average Bonchev–Trinajstić information content (AvgIpc) is 2.77. The number of ether oxygens (including phenoxy) is 1. The van der Waals surface area contributed by atoms with Crippen molar-refractivity contribution in [3.63, 3.8) is 0 Å². The van der Waals surface area contributed by atoms with Crippen LogP contribution in [0.25, 0.3) is 0 Å². The Bertz CT molecular complexity index is 503. The SMILES string of the molecule is CCc1cc(COc2ccc(CO)cc2)n(C)n1. The van der Waals surface area contributed by atoms with Crippen LogP contribution in [-0.2, 0) is 26.7 Å². The maximum Gasteiger partial charge on any atom is 0.130 e. The van der Waals surface area contributed by atoms with Crippen molar-refractivity contribution in [2.75, 3.05) is 0 Å². The number of rotatable bonds is 5. The van der Waals surface area contributed by atoms with E-state index in [2.05, 4.69) is 18.1 Å². The molecule has 0 aliphatic heterocycles. The molecule has 1 aromatic heterocycles. The molecule has 0 aliphatic carbocycles. The summed E-state index contributed by atoms with van der Waals surface area (Å²) in [4.78, 5) is 0. The summed E-state index contributed by atoms with van der Waals surface area (Å²) < 4.78 is 7.54. The molecule has 0 spiro atoms. The van der Waals surface area contributed by atoms with Crippen molar-refractivity contribution in [2.24, 2.45) is 7.05 Å². The molecule has 4 heteroatoms. The van der Waals surface area contributed by atoms with Crippen LogP contribution >= 0.6 is 0 Å². The van der Waals surface area contributed by atoms with Crippen molar-refractivity contribution in [1.29, 1.82) is 0 Å². The van der Waals surface area contributed by atoms with Gasteiger partial charge in [0, 0.05) is 7.05 Å². The van der Waals surface area contributed by atoms with Gasteiger partial charge in [-0.25, -0.2) is 0 Å². The number of aliphatic hydroxyl groups excluding tert-OH is 1. The largest absolute Gasteiger partial charge is 0.487 e. The molecule has 1 heterocycles. The second-order valence-electron chi connectivity index (χ2n) is 4.19. The summed E-state index contributed by atoms with van der Waals surface area (Å²) in [5.41, 5.74) is 3.01. The highest BCUT2D eigenvalue weighted by Crippen LogP contribution is 2.14. The molecule has 0 bridgehead atoms. The summed E-state index contributed by atoms with van der Waals surface area (Å²) in [6.45, 7) is 2.64. The summed E-state index contributed by atoms with van der Waals surface area (Å²) in [5, 5.41) is 13.3. The van der Waals surface area contributed by atoms with E-state index in [1.54, 1.807) is 0 Å². The van der Waals surface area contributed by atoms with Gasteiger partial charge in [-0.3, -0.25) is 4.68 Å². The summed E-state index contributed by atoms with van der Waals surface area (Å²) >= 11 is 0. The zero-order valence-electron chi connectivity index (χ0n) is 10.8. The minimum atomic E-state index is 0.0574. The Labute approximate surface area is 107 Å². The summed E-state index contributed by atoms with van der Waals surface area (Å²) in [6.07, 6.45) is 0.930. The molecule has 0 fully saturated rings. The van der Waals surface area contributed by atoms with Gasteiger partial charge in [-0.15, -0.1) is 0 Å². The molecule has 2 rings (SSSR count). The predicted octanol–water partition coefficient (Wildman–Crippen LogP) is 2.05. The van der Waals surface area contributed by atoms with Gasteiger partial charge in [-0.1, -0.05) is 19.1 Å². The molecule has 96 valence electrons. The fourth-order valence-corrected chi connectivity index (χ4v) is 1.73. The van der Waals surface area contributed by atoms with Gasteiger partial charge in [0.1, 0.15) is 12.4 Å². The van der Waals surface area contributed by atoms with Crippen LogP contribution in [0, 0.1) is 0 Å². The van der Waals surface area contributed by atoms with Crippen LogP contribution in [-0.4, -0.2) is 14.9 Å². The summed E-state index contributed by atoms with van der Waals surface area (Å²) in [6, 6.07) is 9.50. The molecule has 4 nitrogen and oxygen atoms in total. The number of aliphatic hydroxyl groups is 1. The smallest absolute Gasteiger partial charge is 0.130 e. The second kappa shape index (κ2) is 5.69. The number of aromatic nitrogens is 2. The molecule has 2 aromatic rings. The molecule has 0 amide bonds. The van der Waals surface area contributed by atoms with Gasteiger partial charge in [0.05, 0.1) is 18.0 Å². The first kappa shape index (κ1) is 12.6. The normalized spacial score (nSPS) is 10.6. The van der Waals surface area contributed by atoms with Crippen molar-refractivity contribution < 1.29 is 9.84 Å². The second-order valence-corrected chi connectivity index (χ2v) is 4.19. The van der Waals surface area contributed by atoms with E-state index in [1.807, 2.05) is 36.0 Å². The fourth-order valence-electron chi connectivity index (χ4n) is 1.73. The first-order chi connectivity index (χ1) is 8.72. The van der Waals surface area contributed by atoms with Gasteiger partial charge in [-0.2, -0.15) is 5.10 Å². The lowest BCUT2D eigenvalue weighted by Gasteiger charge is -2.06. The quantitative estimate of drug-likeness (QED) is 0.878. The van der Waals surface area contributed by atoms with Gasteiger partial charge in [-0.05, 0) is 30.2 Å². The molecule has 0 saturated heterocycles. The van der Waals surface area contributed by atoms with Crippen LogP contribution in [0.4, 0.5) is 0 Å². The molecule has 0 atom stereocenters. The van der Waals surface area contributed by atoms with Crippen LogP contribution in [0.5, 0.6) is 5.75 Å². The number of hydrogen-bond acceptors (Lipinski definition) is 3. The lowest BCUT2D eigenvalue weighted by atomic mass is 10.2. The molecule has 0 unspecified atom stereocenters. The fraction of sp³-hybridized carbons (Fsp3) is 0.357. The standard InChI is InChI=1S/C14H18N2O2/c1-3-12-8-13(16(2)15-12)10-18-14-6-4-11(9-17)5-7-14/h4-8,17H,3,9-10H2,1-2H3. The third-order valence-corrected chi connectivity index (χ3v) is 2.88. The van der Waals surface area contributed by atoms with Gasteiger partial charge in [0.25, 0.3) is 0 Å². The van der Waals surface area contributed by atoms with Gasteiger partial charge in [0.15, 0.2) is 0 Å². The lowest BCUT2D eigenvalue weighted by molar-refractivity contribution is 0.280. The predicted molar refractivity (Wildman–Crippen MR) is 69.3 cm³/mol. The van der Waals surface area contributed by atoms with Gasteiger partial charge >= 0.3 is 0 Å². The summed E-state index contributed by atoms with van der Waals surface area (Å²) in [5.74, 6) is 0.798. The molecule has 1 aromatic carbocycles. The zero-order chi connectivity index (χ0) is 13.0. The molecule has 0 aliphatic rings. The van der Waals surface area contributed by atoms with Crippen molar-refractivity contribution in [1.82, 2.24) is 9.78 Å². The van der Waals surface area contributed by atoms with E-state index in [0.717, 1.165) is 29.1 Å². The van der Waals surface area contributed by atoms with Crippen LogP contribution in [0.15, 0.2) is 30.3 Å². The van der Waals surface area contributed by atoms with Crippen LogP contribution in [0.1, 0.15) is 23.9 Å². The molecule has 0 saturated carbocycles. The van der Waals surface area contributed by atoms with Crippen molar-refractivity contribution >= 4 is 0 Å². The van der Waals surface area contributed by atoms with Gasteiger partial charge in [0.2, 0.25) is 0 Å². The maximum atomic E-state index is 8.95. The molecule has 1 N–H and O–H groups in total. The first-order valence-electron chi connectivity index (χ1n) is 6.07. The van der Waals surface area contributed by atoms with E-state index < -0.39 is 0 Å². The van der Waals surface area contributed by atoms with E-state index in [4.69, 9.17) is 9.84 Å². The Morgan fingerprint density at radius 2 is 2.00 bits per heavy atom. The van der Waals surface area contributed by atoms with E-state index in [0.29, 0.717) is 6.61 Å². The van der Waals surface area contributed by atoms with Crippen molar-refractivity contribution in [2.45, 2.75) is 26.6 Å². The van der Waals surface area contributed by atoms with Gasteiger partial charge < -0.3 is 9.84 Å². The first-order valence-corrected chi connectivity index (χ1v) is 6.07. The number of hydrogen-bond donors (Lipinski definition) is 1.